The van der Waals surface area contributed by atoms with E-state index in [0.29, 0.717) is 0 Å². The molecule has 0 aliphatic carbocycles. The van der Waals surface area contributed by atoms with Crippen LogP contribution in [0.2, 0.25) is 0 Å². The molecule has 2 aromatic carbocycles. The average molecular weight is 304 g/mol. The molecule has 0 amide bonds. The Morgan fingerprint density at radius 2 is 1.79 bits per heavy atom. The van der Waals surface area contributed by atoms with Crippen molar-refractivity contribution in [2.75, 3.05) is 0 Å². The van der Waals surface area contributed by atoms with E-state index in [9.17, 15) is 8.78 Å². The van der Waals surface area contributed by atoms with E-state index in [0.717, 1.165) is 14.3 Å². The number of halogens is 3. The molecule has 0 unspecified atom stereocenters. The van der Waals surface area contributed by atoms with Gasteiger partial charge in [-0.3, -0.25) is 0 Å². The summed E-state index contributed by atoms with van der Waals surface area (Å²) < 4.78 is 25.8. The third kappa shape index (κ3) is 1.73. The van der Waals surface area contributed by atoms with Gasteiger partial charge in [0.15, 0.2) is 0 Å². The van der Waals surface area contributed by atoms with Gasteiger partial charge in [0.25, 0.3) is 6.43 Å². The molecule has 0 N–H and O–H groups in total. The predicted octanol–water partition coefficient (Wildman–Crippen LogP) is 4.38. The molecule has 0 nitrogen and oxygen atoms in total. The number of benzene rings is 2. The second-order valence-corrected chi connectivity index (χ2v) is 4.19. The molecule has 0 saturated carbocycles. The van der Waals surface area contributed by atoms with E-state index in [-0.39, 0.29) is 5.56 Å². The molecule has 0 spiro atoms. The largest absolute Gasteiger partial charge is 0.263 e. The molecule has 2 rings (SSSR count). The summed E-state index contributed by atoms with van der Waals surface area (Å²) in [5, 5.41) is 1.90. The normalized spacial score (nSPS) is 11.1. The van der Waals surface area contributed by atoms with Gasteiger partial charge in [-0.2, -0.15) is 0 Å². The molecule has 3 heteroatoms. The fourth-order valence-corrected chi connectivity index (χ4v) is 2.26. The fraction of sp³-hybridized carbons (Fsp3) is 0.0909. The zero-order valence-corrected chi connectivity index (χ0v) is 9.33. The van der Waals surface area contributed by atoms with Gasteiger partial charge >= 0.3 is 0 Å². The Balaban J connectivity index is 2.72. The lowest BCUT2D eigenvalue weighted by Crippen LogP contribution is -1.87. The van der Waals surface area contributed by atoms with Crippen LogP contribution in [0.4, 0.5) is 8.78 Å². The first kappa shape index (κ1) is 9.83. The summed E-state index contributed by atoms with van der Waals surface area (Å²) in [5.74, 6) is 0. The minimum atomic E-state index is -2.40. The summed E-state index contributed by atoms with van der Waals surface area (Å²) >= 11 is 2.08. The van der Waals surface area contributed by atoms with Crippen LogP contribution in [0.3, 0.4) is 0 Å². The maximum absolute atomic E-state index is 12.5. The van der Waals surface area contributed by atoms with Crippen molar-refractivity contribution in [1.29, 1.82) is 0 Å². The molecule has 2 aromatic rings. The number of fused-ring (bicyclic) bond motifs is 1. The van der Waals surface area contributed by atoms with E-state index in [2.05, 4.69) is 22.6 Å². The highest BCUT2D eigenvalue weighted by Gasteiger charge is 2.09. The van der Waals surface area contributed by atoms with Crippen LogP contribution >= 0.6 is 22.6 Å². The quantitative estimate of drug-likeness (QED) is 0.686. The molecular weight excluding hydrogens is 297 g/mol. The number of alkyl halides is 2. The third-order valence-electron chi connectivity index (χ3n) is 2.09. The van der Waals surface area contributed by atoms with Crippen molar-refractivity contribution in [3.63, 3.8) is 0 Å². The SMILES string of the molecule is FC(F)c1cc(I)c2ccccc2c1. The van der Waals surface area contributed by atoms with Crippen LogP contribution in [0.15, 0.2) is 36.4 Å². The number of rotatable bonds is 1. The van der Waals surface area contributed by atoms with Crippen molar-refractivity contribution in [3.05, 3.63) is 45.5 Å². The minimum Gasteiger partial charge on any atom is -0.205 e. The van der Waals surface area contributed by atoms with Crippen LogP contribution in [0.1, 0.15) is 12.0 Å². The van der Waals surface area contributed by atoms with Crippen molar-refractivity contribution >= 4 is 33.4 Å². The van der Waals surface area contributed by atoms with Crippen LogP contribution in [-0.2, 0) is 0 Å². The van der Waals surface area contributed by atoms with E-state index >= 15 is 0 Å². The predicted molar refractivity (Wildman–Crippen MR) is 61.6 cm³/mol. The lowest BCUT2D eigenvalue weighted by Gasteiger charge is -2.04. The van der Waals surface area contributed by atoms with Gasteiger partial charge in [-0.1, -0.05) is 24.3 Å². The molecule has 0 radical (unpaired) electrons. The second kappa shape index (κ2) is 3.81. The molecule has 0 saturated heterocycles. The van der Waals surface area contributed by atoms with Gasteiger partial charge in [0.1, 0.15) is 0 Å². The molecule has 0 heterocycles. The Kier molecular flexibility index (Phi) is 2.67. The van der Waals surface area contributed by atoms with Crippen molar-refractivity contribution in [3.8, 4) is 0 Å². The number of hydrogen-bond acceptors (Lipinski definition) is 0. The van der Waals surface area contributed by atoms with E-state index in [1.54, 1.807) is 6.07 Å². The van der Waals surface area contributed by atoms with Crippen molar-refractivity contribution in [2.45, 2.75) is 6.43 Å². The second-order valence-electron chi connectivity index (χ2n) is 3.02. The van der Waals surface area contributed by atoms with Crippen molar-refractivity contribution in [1.82, 2.24) is 0 Å². The summed E-state index contributed by atoms with van der Waals surface area (Å²) in [6, 6.07) is 10.6. The monoisotopic (exact) mass is 304 g/mol. The average Bonchev–Trinajstić information content (AvgIpc) is 2.17. The molecule has 0 atom stereocenters. The van der Waals surface area contributed by atoms with Crippen LogP contribution in [0.5, 0.6) is 0 Å². The topological polar surface area (TPSA) is 0 Å². The maximum atomic E-state index is 12.5. The summed E-state index contributed by atoms with van der Waals surface area (Å²) in [4.78, 5) is 0. The highest BCUT2D eigenvalue weighted by molar-refractivity contribution is 14.1. The molecule has 0 aliphatic heterocycles. The lowest BCUT2D eigenvalue weighted by molar-refractivity contribution is 0.151. The zero-order chi connectivity index (χ0) is 10.1. The summed E-state index contributed by atoms with van der Waals surface area (Å²) in [7, 11) is 0. The highest BCUT2D eigenvalue weighted by atomic mass is 127. The van der Waals surface area contributed by atoms with Gasteiger partial charge in [-0.05, 0) is 45.5 Å². The van der Waals surface area contributed by atoms with Gasteiger partial charge in [-0.25, -0.2) is 8.78 Å². The van der Waals surface area contributed by atoms with Crippen LogP contribution in [-0.4, -0.2) is 0 Å². The summed E-state index contributed by atoms with van der Waals surface area (Å²) in [5.41, 5.74) is 0.0908. The van der Waals surface area contributed by atoms with Gasteiger partial charge in [-0.15, -0.1) is 0 Å². The maximum Gasteiger partial charge on any atom is 0.263 e. The van der Waals surface area contributed by atoms with Crippen LogP contribution in [0.25, 0.3) is 10.8 Å². The number of hydrogen-bond donors (Lipinski definition) is 0. The Labute approximate surface area is 94.1 Å². The van der Waals surface area contributed by atoms with E-state index in [1.807, 2.05) is 24.3 Å². The van der Waals surface area contributed by atoms with E-state index < -0.39 is 6.43 Å². The molecule has 72 valence electrons. The minimum absolute atomic E-state index is 0.0908. The van der Waals surface area contributed by atoms with Crippen molar-refractivity contribution in [2.24, 2.45) is 0 Å². The zero-order valence-electron chi connectivity index (χ0n) is 7.18. The van der Waals surface area contributed by atoms with Crippen LogP contribution in [0, 0.1) is 3.57 Å². The first-order valence-electron chi connectivity index (χ1n) is 4.15. The summed E-state index contributed by atoms with van der Waals surface area (Å²) in [6.45, 7) is 0. The Morgan fingerprint density at radius 3 is 2.50 bits per heavy atom. The highest BCUT2D eigenvalue weighted by Crippen LogP contribution is 2.27. The van der Waals surface area contributed by atoms with Gasteiger partial charge in [0.2, 0.25) is 0 Å². The fourth-order valence-electron chi connectivity index (χ4n) is 1.41. The molecule has 0 aliphatic rings. The third-order valence-corrected chi connectivity index (χ3v) is 2.98. The lowest BCUT2D eigenvalue weighted by atomic mass is 10.1. The van der Waals surface area contributed by atoms with Crippen LogP contribution < -0.4 is 0 Å². The van der Waals surface area contributed by atoms with Gasteiger partial charge < -0.3 is 0 Å². The van der Waals surface area contributed by atoms with Gasteiger partial charge in [0.05, 0.1) is 0 Å². The Morgan fingerprint density at radius 1 is 1.07 bits per heavy atom. The molecule has 14 heavy (non-hydrogen) atoms. The van der Waals surface area contributed by atoms with E-state index in [1.165, 1.54) is 6.07 Å². The standard InChI is InChI=1S/C11H7F2I/c12-11(13)8-5-7-3-1-2-4-9(7)10(14)6-8/h1-6,11H. The molecule has 0 fully saturated rings. The van der Waals surface area contributed by atoms with Gasteiger partial charge in [0, 0.05) is 9.13 Å². The smallest absolute Gasteiger partial charge is 0.205 e. The Hall–Kier alpha value is -0.710. The first-order chi connectivity index (χ1) is 6.68. The molecule has 0 aromatic heterocycles. The Bertz CT molecular complexity index is 466. The molecular formula is C11H7F2I. The summed E-state index contributed by atoms with van der Waals surface area (Å²) in [6.07, 6.45) is -2.40. The first-order valence-corrected chi connectivity index (χ1v) is 5.22. The molecule has 0 bridgehead atoms. The van der Waals surface area contributed by atoms with E-state index in [4.69, 9.17) is 0 Å². The van der Waals surface area contributed by atoms with Crippen molar-refractivity contribution < 1.29 is 8.78 Å².